The highest BCUT2D eigenvalue weighted by atomic mass is 28.3. The fourth-order valence-corrected chi connectivity index (χ4v) is 15.5. The van der Waals surface area contributed by atoms with Gasteiger partial charge in [0.05, 0.1) is 0 Å². The van der Waals surface area contributed by atoms with E-state index in [9.17, 15) is 0 Å². The van der Waals surface area contributed by atoms with Gasteiger partial charge < -0.3 is 9.80 Å². The van der Waals surface area contributed by atoms with Gasteiger partial charge >= 0.3 is 0 Å². The normalized spacial score (nSPS) is 12.7. The fourth-order valence-electron chi connectivity index (χ4n) is 10.4. The van der Waals surface area contributed by atoms with Gasteiger partial charge in [0.25, 0.3) is 0 Å². The minimum absolute atomic E-state index is 1.09. The summed E-state index contributed by atoms with van der Waals surface area (Å²) < 4.78 is 0. The first-order valence-corrected chi connectivity index (χ1v) is 24.4. The predicted molar refractivity (Wildman–Crippen MR) is 279 cm³/mol. The molecule has 0 spiro atoms. The van der Waals surface area contributed by atoms with E-state index in [1.54, 1.807) is 0 Å². The molecule has 0 aromatic heterocycles. The zero-order chi connectivity index (χ0) is 43.2. The van der Waals surface area contributed by atoms with Crippen LogP contribution in [-0.2, 0) is 0 Å². The molecule has 1 heterocycles. The maximum Gasteiger partial charge on any atom is 0.184 e. The first-order valence-electron chi connectivity index (χ1n) is 22.4. The van der Waals surface area contributed by atoms with E-state index in [2.05, 4.69) is 277 Å². The van der Waals surface area contributed by atoms with Gasteiger partial charge in [-0.2, -0.15) is 0 Å². The molecule has 2 nitrogen and oxygen atoms in total. The maximum absolute atomic E-state index is 2.86. The lowest BCUT2D eigenvalue weighted by molar-refractivity contribution is 1.25. The molecule has 0 aliphatic carbocycles. The van der Waals surface area contributed by atoms with Crippen LogP contribution < -0.4 is 30.5 Å². The molecule has 0 saturated heterocycles. The van der Waals surface area contributed by atoms with Crippen LogP contribution in [-0.4, -0.2) is 8.07 Å². The first-order chi connectivity index (χ1) is 32.3. The molecule has 1 aliphatic rings. The summed E-state index contributed by atoms with van der Waals surface area (Å²) in [6.45, 7) is 0. The van der Waals surface area contributed by atoms with Crippen molar-refractivity contribution in [2.45, 2.75) is 0 Å². The standard InChI is InChI=1S/C62H44N2Si/c1-4-22-49(23-5-1)64-59-32-14-15-33-61(59)65(53-24-6-2-7-25-53,54-26-8-3-9-27-54)62-43-42-52(44-60(62)64)63(50-38-34-47(35-39-50)57-30-16-20-45-18-10-12-28-55(45)57)51-40-36-48(37-41-51)58-31-17-21-46-19-11-13-29-56(46)58/h1-44H. The molecular formula is C62H44N2Si. The topological polar surface area (TPSA) is 6.48 Å². The molecular weight excluding hydrogens is 801 g/mol. The van der Waals surface area contributed by atoms with E-state index in [1.807, 2.05) is 0 Å². The quantitative estimate of drug-likeness (QED) is 0.141. The van der Waals surface area contributed by atoms with E-state index < -0.39 is 8.07 Å². The SMILES string of the molecule is c1ccc(N2c3ccccc3[Si](c3ccccc3)(c3ccccc3)c3ccc(N(c4ccc(-c5cccc6ccccc56)cc4)c4ccc(-c5cccc6ccccc56)cc4)cc32)cc1. The first kappa shape index (κ1) is 38.4. The number of fused-ring (bicyclic) bond motifs is 4. The lowest BCUT2D eigenvalue weighted by Crippen LogP contribution is -2.77. The monoisotopic (exact) mass is 844 g/mol. The lowest BCUT2D eigenvalue weighted by atomic mass is 9.97. The van der Waals surface area contributed by atoms with Gasteiger partial charge in [-0.1, -0.05) is 212 Å². The summed E-state index contributed by atoms with van der Waals surface area (Å²) in [4.78, 5) is 4.93. The van der Waals surface area contributed by atoms with Crippen molar-refractivity contribution in [2.75, 3.05) is 9.80 Å². The summed E-state index contributed by atoms with van der Waals surface area (Å²) >= 11 is 0. The second kappa shape index (κ2) is 16.1. The fraction of sp³-hybridized carbons (Fsp3) is 0. The van der Waals surface area contributed by atoms with Gasteiger partial charge in [0, 0.05) is 34.1 Å². The van der Waals surface area contributed by atoms with Crippen molar-refractivity contribution in [2.24, 2.45) is 0 Å². The molecule has 65 heavy (non-hydrogen) atoms. The molecule has 0 saturated carbocycles. The Bertz CT molecular complexity index is 3300. The predicted octanol–water partition coefficient (Wildman–Crippen LogP) is 14.0. The van der Waals surface area contributed by atoms with Gasteiger partial charge in [0.15, 0.2) is 8.07 Å². The van der Waals surface area contributed by atoms with E-state index in [-0.39, 0.29) is 0 Å². The Labute approximate surface area is 381 Å². The van der Waals surface area contributed by atoms with Crippen molar-refractivity contribution >= 4 is 84.5 Å². The number of anilines is 6. The van der Waals surface area contributed by atoms with Gasteiger partial charge in [-0.15, -0.1) is 0 Å². The molecule has 12 rings (SSSR count). The molecule has 0 radical (unpaired) electrons. The highest BCUT2D eigenvalue weighted by Gasteiger charge is 2.49. The zero-order valence-electron chi connectivity index (χ0n) is 35.8. The molecule has 0 amide bonds. The molecule has 1 aliphatic heterocycles. The van der Waals surface area contributed by atoms with Crippen molar-refractivity contribution in [1.29, 1.82) is 0 Å². The van der Waals surface area contributed by atoms with Crippen LogP contribution in [0.15, 0.2) is 267 Å². The summed E-state index contributed by atoms with van der Waals surface area (Å²) in [7, 11) is -2.86. The number of nitrogens with zero attached hydrogens (tertiary/aromatic N) is 2. The molecule has 0 unspecified atom stereocenters. The second-order valence-corrected chi connectivity index (χ2v) is 20.6. The largest absolute Gasteiger partial charge is 0.311 e. The molecule has 11 aromatic carbocycles. The summed E-state index contributed by atoms with van der Waals surface area (Å²) in [5.41, 5.74) is 11.6. The van der Waals surface area contributed by atoms with Crippen LogP contribution in [0.5, 0.6) is 0 Å². The minimum atomic E-state index is -2.86. The number of benzene rings is 11. The number of hydrogen-bond acceptors (Lipinski definition) is 2. The molecule has 11 aromatic rings. The third-order valence-corrected chi connectivity index (χ3v) is 18.2. The molecule has 0 bridgehead atoms. The van der Waals surface area contributed by atoms with Crippen molar-refractivity contribution in [3.8, 4) is 22.3 Å². The Morgan fingerprint density at radius 1 is 0.308 bits per heavy atom. The van der Waals surface area contributed by atoms with Gasteiger partial charge in [-0.05, 0) is 119 Å². The summed E-state index contributed by atoms with van der Waals surface area (Å²) in [5, 5.41) is 10.5. The molecule has 0 N–H and O–H groups in total. The number of hydrogen-bond donors (Lipinski definition) is 0. The molecule has 0 atom stereocenters. The van der Waals surface area contributed by atoms with Crippen LogP contribution in [0, 0.1) is 0 Å². The summed E-state index contributed by atoms with van der Waals surface area (Å²) in [6, 6.07) is 98.5. The number of para-hydroxylation sites is 2. The van der Waals surface area contributed by atoms with E-state index in [0.29, 0.717) is 0 Å². The van der Waals surface area contributed by atoms with Crippen molar-refractivity contribution < 1.29 is 0 Å². The van der Waals surface area contributed by atoms with Crippen molar-refractivity contribution in [1.82, 2.24) is 0 Å². The van der Waals surface area contributed by atoms with E-state index >= 15 is 0 Å². The van der Waals surface area contributed by atoms with Crippen molar-refractivity contribution in [3.05, 3.63) is 267 Å². The highest BCUT2D eigenvalue weighted by molar-refractivity contribution is 7.21. The highest BCUT2D eigenvalue weighted by Crippen LogP contribution is 2.44. The van der Waals surface area contributed by atoms with Crippen LogP contribution in [0.3, 0.4) is 0 Å². The van der Waals surface area contributed by atoms with E-state index in [1.165, 1.54) is 75.9 Å². The molecule has 0 fully saturated rings. The van der Waals surface area contributed by atoms with Gasteiger partial charge in [-0.3, -0.25) is 0 Å². The van der Waals surface area contributed by atoms with Crippen LogP contribution in [0.25, 0.3) is 43.8 Å². The van der Waals surface area contributed by atoms with Crippen LogP contribution in [0.1, 0.15) is 0 Å². The average Bonchev–Trinajstić information content (AvgIpc) is 3.39. The van der Waals surface area contributed by atoms with Gasteiger partial charge in [0.2, 0.25) is 0 Å². The van der Waals surface area contributed by atoms with E-state index in [4.69, 9.17) is 0 Å². The summed E-state index contributed by atoms with van der Waals surface area (Å²) in [5.74, 6) is 0. The maximum atomic E-state index is 2.50. The third kappa shape index (κ3) is 6.47. The molecule has 3 heteroatoms. The Morgan fingerprint density at radius 3 is 1.29 bits per heavy atom. The Morgan fingerprint density at radius 2 is 0.738 bits per heavy atom. The van der Waals surface area contributed by atoms with Crippen molar-refractivity contribution in [3.63, 3.8) is 0 Å². The van der Waals surface area contributed by atoms with Crippen LogP contribution in [0.4, 0.5) is 34.1 Å². The van der Waals surface area contributed by atoms with Crippen LogP contribution in [0.2, 0.25) is 0 Å². The smallest absolute Gasteiger partial charge is 0.184 e. The third-order valence-electron chi connectivity index (χ3n) is 13.3. The Balaban J connectivity index is 1.08. The molecule has 306 valence electrons. The Kier molecular flexibility index (Phi) is 9.55. The zero-order valence-corrected chi connectivity index (χ0v) is 36.8. The second-order valence-electron chi connectivity index (χ2n) is 16.9. The van der Waals surface area contributed by atoms with E-state index in [0.717, 1.165) is 22.7 Å². The van der Waals surface area contributed by atoms with Crippen LogP contribution >= 0.6 is 0 Å². The number of rotatable bonds is 8. The van der Waals surface area contributed by atoms with Gasteiger partial charge in [-0.25, -0.2) is 0 Å². The minimum Gasteiger partial charge on any atom is -0.311 e. The average molecular weight is 845 g/mol. The Hall–Kier alpha value is -8.24. The van der Waals surface area contributed by atoms with Gasteiger partial charge in [0.1, 0.15) is 0 Å². The lowest BCUT2D eigenvalue weighted by Gasteiger charge is -2.45. The summed E-state index contributed by atoms with van der Waals surface area (Å²) in [6.07, 6.45) is 0.